The molecule has 0 radical (unpaired) electrons. The van der Waals surface area contributed by atoms with Gasteiger partial charge in [-0.15, -0.1) is 0 Å². The van der Waals surface area contributed by atoms with Crippen LogP contribution in [0.25, 0.3) is 11.0 Å². The molecule has 1 N–H and O–H groups in total. The number of nitrogens with zero attached hydrogens (tertiary/aromatic N) is 2. The summed E-state index contributed by atoms with van der Waals surface area (Å²) in [5, 5.41) is 11.3. The number of nitro groups is 1. The molecule has 6 nitrogen and oxygen atoms in total. The molecular weight excluding hydrogens is 222 g/mol. The summed E-state index contributed by atoms with van der Waals surface area (Å²) in [4.78, 5) is 27.1. The second-order valence-corrected chi connectivity index (χ2v) is 3.27. The lowest BCUT2D eigenvalue weighted by Gasteiger charge is -1.97. The number of halogens is 1. The Bertz CT molecular complexity index is 608. The molecule has 0 aliphatic carbocycles. The minimum atomic E-state index is -0.776. The topological polar surface area (TPSA) is 88.9 Å². The van der Waals surface area contributed by atoms with E-state index in [0.29, 0.717) is 10.4 Å². The number of hydrogen-bond acceptors (Lipinski definition) is 4. The van der Waals surface area contributed by atoms with Gasteiger partial charge in [0.05, 0.1) is 9.95 Å². The van der Waals surface area contributed by atoms with Gasteiger partial charge < -0.3 is 4.98 Å². The van der Waals surface area contributed by atoms with E-state index in [0.717, 1.165) is 6.07 Å². The van der Waals surface area contributed by atoms with Crippen molar-refractivity contribution in [1.29, 1.82) is 0 Å². The molecule has 0 amide bonds. The second kappa shape index (κ2) is 3.32. The smallest absolute Gasteiger partial charge is 0.301 e. The van der Waals surface area contributed by atoms with Crippen molar-refractivity contribution in [1.82, 2.24) is 9.97 Å². The number of nitrogens with one attached hydrogen (secondary N) is 1. The van der Waals surface area contributed by atoms with Gasteiger partial charge >= 0.3 is 11.2 Å². The Balaban J connectivity index is 2.83. The van der Waals surface area contributed by atoms with Crippen molar-refractivity contribution in [2.24, 2.45) is 0 Å². The summed E-state index contributed by atoms with van der Waals surface area (Å²) >= 11 is 5.67. The third kappa shape index (κ3) is 1.66. The number of fused-ring (bicyclic) bond motifs is 1. The van der Waals surface area contributed by atoms with Crippen molar-refractivity contribution in [3.63, 3.8) is 0 Å². The lowest BCUT2D eigenvalue weighted by molar-refractivity contribution is -0.386. The predicted molar refractivity (Wildman–Crippen MR) is 54.0 cm³/mol. The van der Waals surface area contributed by atoms with E-state index in [9.17, 15) is 14.9 Å². The van der Waals surface area contributed by atoms with Gasteiger partial charge in [-0.1, -0.05) is 11.6 Å². The summed E-state index contributed by atoms with van der Waals surface area (Å²) in [6.07, 6.45) is 1.35. The van der Waals surface area contributed by atoms with Crippen molar-refractivity contribution >= 4 is 28.3 Å². The number of hydrogen-bond donors (Lipinski definition) is 1. The molecule has 0 aliphatic rings. The number of H-pyrrole nitrogens is 1. The Morgan fingerprint density at radius 1 is 1.47 bits per heavy atom. The quantitative estimate of drug-likeness (QED) is 0.588. The maximum Gasteiger partial charge on any atom is 0.334 e. The zero-order valence-corrected chi connectivity index (χ0v) is 7.99. The van der Waals surface area contributed by atoms with Gasteiger partial charge in [-0.05, 0) is 6.07 Å². The standard InChI is InChI=1S/C8H4ClN3O3/c9-5-1-4-2-6(12(14)15)8(13)11-7(4)10-3-5/h1-3H,(H,10,11,13). The molecule has 0 aliphatic heterocycles. The van der Waals surface area contributed by atoms with E-state index < -0.39 is 16.2 Å². The molecule has 2 heterocycles. The highest BCUT2D eigenvalue weighted by Gasteiger charge is 2.13. The first kappa shape index (κ1) is 9.60. The van der Waals surface area contributed by atoms with Gasteiger partial charge in [0, 0.05) is 17.6 Å². The SMILES string of the molecule is O=c1[nH]c2ncc(Cl)cc2cc1[N+](=O)[O-]. The van der Waals surface area contributed by atoms with Crippen LogP contribution in [0.2, 0.25) is 5.02 Å². The van der Waals surface area contributed by atoms with E-state index in [2.05, 4.69) is 9.97 Å². The van der Waals surface area contributed by atoms with E-state index in [4.69, 9.17) is 11.6 Å². The molecule has 0 aromatic carbocycles. The maximum atomic E-state index is 11.2. The lowest BCUT2D eigenvalue weighted by atomic mass is 10.3. The first-order valence-corrected chi connectivity index (χ1v) is 4.29. The molecule has 0 spiro atoms. The number of aromatic amines is 1. The summed E-state index contributed by atoms with van der Waals surface area (Å²) in [7, 11) is 0. The van der Waals surface area contributed by atoms with E-state index in [1.54, 1.807) is 0 Å². The average molecular weight is 226 g/mol. The third-order valence-electron chi connectivity index (χ3n) is 1.84. The zero-order valence-electron chi connectivity index (χ0n) is 7.23. The van der Waals surface area contributed by atoms with Crippen LogP contribution in [0.15, 0.2) is 23.1 Å². The van der Waals surface area contributed by atoms with Crippen LogP contribution in [0.3, 0.4) is 0 Å². The van der Waals surface area contributed by atoms with E-state index in [1.165, 1.54) is 12.3 Å². The Morgan fingerprint density at radius 2 is 2.20 bits per heavy atom. The van der Waals surface area contributed by atoms with Crippen LogP contribution in [0, 0.1) is 10.1 Å². The Kier molecular flexibility index (Phi) is 2.12. The van der Waals surface area contributed by atoms with E-state index in [-0.39, 0.29) is 5.65 Å². The maximum absolute atomic E-state index is 11.2. The fourth-order valence-electron chi connectivity index (χ4n) is 1.19. The second-order valence-electron chi connectivity index (χ2n) is 2.83. The largest absolute Gasteiger partial charge is 0.334 e. The van der Waals surface area contributed by atoms with Crippen LogP contribution in [-0.2, 0) is 0 Å². The molecule has 0 saturated carbocycles. The first-order valence-electron chi connectivity index (χ1n) is 3.91. The Morgan fingerprint density at radius 3 is 2.87 bits per heavy atom. The van der Waals surface area contributed by atoms with Crippen LogP contribution >= 0.6 is 11.6 Å². The number of rotatable bonds is 1. The molecule has 2 aromatic rings. The minimum absolute atomic E-state index is 0.273. The fourth-order valence-corrected chi connectivity index (χ4v) is 1.36. The van der Waals surface area contributed by atoms with Crippen molar-refractivity contribution in [3.8, 4) is 0 Å². The molecule has 0 bridgehead atoms. The molecule has 76 valence electrons. The van der Waals surface area contributed by atoms with Crippen LogP contribution in [-0.4, -0.2) is 14.9 Å². The van der Waals surface area contributed by atoms with Crippen LogP contribution < -0.4 is 5.56 Å². The number of aromatic nitrogens is 2. The highest BCUT2D eigenvalue weighted by Crippen LogP contribution is 2.16. The molecule has 7 heteroatoms. The zero-order chi connectivity index (χ0) is 11.0. The summed E-state index contributed by atoms with van der Waals surface area (Å²) < 4.78 is 0. The van der Waals surface area contributed by atoms with Gasteiger partial charge in [0.2, 0.25) is 0 Å². The molecular formula is C8H4ClN3O3. The highest BCUT2D eigenvalue weighted by atomic mass is 35.5. The van der Waals surface area contributed by atoms with Gasteiger partial charge in [0.1, 0.15) is 5.65 Å². The lowest BCUT2D eigenvalue weighted by Crippen LogP contribution is -2.11. The fraction of sp³-hybridized carbons (Fsp3) is 0. The van der Waals surface area contributed by atoms with Gasteiger partial charge in [0.15, 0.2) is 0 Å². The third-order valence-corrected chi connectivity index (χ3v) is 2.04. The Hall–Kier alpha value is -1.95. The molecule has 2 aromatic heterocycles. The first-order chi connectivity index (χ1) is 7.08. The van der Waals surface area contributed by atoms with E-state index in [1.807, 2.05) is 0 Å². The highest BCUT2D eigenvalue weighted by molar-refractivity contribution is 6.31. The van der Waals surface area contributed by atoms with Gasteiger partial charge in [-0.3, -0.25) is 14.9 Å². The summed E-state index contributed by atoms with van der Waals surface area (Å²) in [5.74, 6) is 0. The van der Waals surface area contributed by atoms with Crippen LogP contribution in [0.4, 0.5) is 5.69 Å². The molecule has 0 saturated heterocycles. The average Bonchev–Trinajstić information content (AvgIpc) is 2.17. The normalized spacial score (nSPS) is 10.5. The van der Waals surface area contributed by atoms with E-state index >= 15 is 0 Å². The molecule has 2 rings (SSSR count). The molecule has 0 atom stereocenters. The summed E-state index contributed by atoms with van der Waals surface area (Å²) in [5.41, 5.74) is -1.02. The van der Waals surface area contributed by atoms with Crippen molar-refractivity contribution in [3.05, 3.63) is 43.8 Å². The molecule has 0 fully saturated rings. The molecule has 15 heavy (non-hydrogen) atoms. The van der Waals surface area contributed by atoms with Gasteiger partial charge in [-0.25, -0.2) is 4.98 Å². The number of pyridine rings is 2. The van der Waals surface area contributed by atoms with Crippen LogP contribution in [0.5, 0.6) is 0 Å². The minimum Gasteiger partial charge on any atom is -0.301 e. The predicted octanol–water partition coefficient (Wildman–Crippen LogP) is 1.48. The van der Waals surface area contributed by atoms with Gasteiger partial charge in [-0.2, -0.15) is 0 Å². The summed E-state index contributed by atoms with van der Waals surface area (Å²) in [6.45, 7) is 0. The van der Waals surface area contributed by atoms with Crippen molar-refractivity contribution in [2.75, 3.05) is 0 Å². The molecule has 0 unspecified atom stereocenters. The van der Waals surface area contributed by atoms with Crippen molar-refractivity contribution in [2.45, 2.75) is 0 Å². The monoisotopic (exact) mass is 225 g/mol. The van der Waals surface area contributed by atoms with Gasteiger partial charge in [0.25, 0.3) is 0 Å². The van der Waals surface area contributed by atoms with Crippen molar-refractivity contribution < 1.29 is 4.92 Å². The summed E-state index contributed by atoms with van der Waals surface area (Å²) in [6, 6.07) is 2.64. The van der Waals surface area contributed by atoms with Crippen LogP contribution in [0.1, 0.15) is 0 Å². The Labute approximate surface area is 87.7 Å².